The molecular formula is C68H114O6. The summed E-state index contributed by atoms with van der Waals surface area (Å²) in [5.74, 6) is -0.914. The fraction of sp³-hybridized carbons (Fsp3) is 0.691. The highest BCUT2D eigenvalue weighted by Gasteiger charge is 2.19. The lowest BCUT2D eigenvalue weighted by molar-refractivity contribution is -0.167. The van der Waals surface area contributed by atoms with Crippen LogP contribution in [0.2, 0.25) is 0 Å². The van der Waals surface area contributed by atoms with E-state index in [-0.39, 0.29) is 31.1 Å². The lowest BCUT2D eigenvalue weighted by Gasteiger charge is -2.18. The number of allylic oxidation sites excluding steroid dienone is 18. The zero-order valence-electron chi connectivity index (χ0n) is 48.3. The molecule has 1 unspecified atom stereocenters. The highest BCUT2D eigenvalue weighted by atomic mass is 16.6. The van der Waals surface area contributed by atoms with Gasteiger partial charge in [0.15, 0.2) is 6.10 Å². The minimum absolute atomic E-state index is 0.0867. The van der Waals surface area contributed by atoms with Crippen LogP contribution in [0.5, 0.6) is 0 Å². The highest BCUT2D eigenvalue weighted by Crippen LogP contribution is 2.15. The first kappa shape index (κ1) is 70.1. The van der Waals surface area contributed by atoms with Gasteiger partial charge in [-0.25, -0.2) is 0 Å². The van der Waals surface area contributed by atoms with Gasteiger partial charge in [-0.3, -0.25) is 14.4 Å². The maximum atomic E-state index is 12.9. The Morgan fingerprint density at radius 3 is 0.838 bits per heavy atom. The molecule has 0 aliphatic heterocycles. The second-order valence-corrected chi connectivity index (χ2v) is 20.2. The third kappa shape index (κ3) is 59.0. The van der Waals surface area contributed by atoms with Crippen LogP contribution >= 0.6 is 0 Å². The number of hydrogen-bond donors (Lipinski definition) is 0. The molecule has 0 bridgehead atoms. The molecule has 0 aliphatic rings. The summed E-state index contributed by atoms with van der Waals surface area (Å²) in [5, 5.41) is 0. The van der Waals surface area contributed by atoms with Crippen LogP contribution in [0.25, 0.3) is 0 Å². The molecule has 0 saturated heterocycles. The zero-order valence-corrected chi connectivity index (χ0v) is 48.3. The van der Waals surface area contributed by atoms with E-state index in [4.69, 9.17) is 14.2 Å². The third-order valence-electron chi connectivity index (χ3n) is 13.0. The van der Waals surface area contributed by atoms with Crippen LogP contribution in [-0.2, 0) is 28.6 Å². The van der Waals surface area contributed by atoms with Gasteiger partial charge in [-0.2, -0.15) is 0 Å². The molecule has 6 nitrogen and oxygen atoms in total. The monoisotopic (exact) mass is 1030 g/mol. The van der Waals surface area contributed by atoms with Crippen molar-refractivity contribution in [3.8, 4) is 0 Å². The van der Waals surface area contributed by atoms with Crippen LogP contribution in [-0.4, -0.2) is 37.2 Å². The van der Waals surface area contributed by atoms with Crippen LogP contribution in [0.4, 0.5) is 0 Å². The summed E-state index contributed by atoms with van der Waals surface area (Å²) < 4.78 is 16.8. The number of unbranched alkanes of at least 4 members (excludes halogenated alkanes) is 26. The quantitative estimate of drug-likeness (QED) is 0.0261. The van der Waals surface area contributed by atoms with Gasteiger partial charge >= 0.3 is 17.9 Å². The zero-order chi connectivity index (χ0) is 53.6. The number of ether oxygens (including phenoxy) is 3. The Bertz CT molecular complexity index is 1510. The molecule has 0 heterocycles. The molecule has 0 radical (unpaired) electrons. The Morgan fingerprint density at radius 2 is 0.527 bits per heavy atom. The highest BCUT2D eigenvalue weighted by molar-refractivity contribution is 5.71. The molecule has 6 heteroatoms. The molecule has 0 amide bonds. The van der Waals surface area contributed by atoms with Gasteiger partial charge in [0.25, 0.3) is 0 Å². The Morgan fingerprint density at radius 1 is 0.284 bits per heavy atom. The topological polar surface area (TPSA) is 78.9 Å². The number of hydrogen-bond acceptors (Lipinski definition) is 6. The summed E-state index contributed by atoms with van der Waals surface area (Å²) in [6.07, 6.45) is 83.8. The van der Waals surface area contributed by atoms with Gasteiger partial charge in [0.05, 0.1) is 0 Å². The van der Waals surface area contributed by atoms with Crippen molar-refractivity contribution < 1.29 is 28.6 Å². The molecule has 0 N–H and O–H groups in total. The maximum Gasteiger partial charge on any atom is 0.306 e. The Hall–Kier alpha value is -3.93. The van der Waals surface area contributed by atoms with Crippen LogP contribution in [0, 0.1) is 0 Å². The molecule has 1 atom stereocenters. The van der Waals surface area contributed by atoms with Crippen molar-refractivity contribution in [3.63, 3.8) is 0 Å². The van der Waals surface area contributed by atoms with E-state index in [0.717, 1.165) is 122 Å². The summed E-state index contributed by atoms with van der Waals surface area (Å²) >= 11 is 0. The Labute approximate surface area is 457 Å². The molecular weight excluding hydrogens is 913 g/mol. The maximum absolute atomic E-state index is 12.9. The number of carbonyl (C=O) groups is 3. The lowest BCUT2D eigenvalue weighted by Crippen LogP contribution is -2.30. The van der Waals surface area contributed by atoms with E-state index in [1.54, 1.807) is 0 Å². The smallest absolute Gasteiger partial charge is 0.306 e. The van der Waals surface area contributed by atoms with Crippen molar-refractivity contribution in [2.75, 3.05) is 13.2 Å². The molecule has 422 valence electrons. The number of esters is 3. The minimum atomic E-state index is -0.791. The van der Waals surface area contributed by atoms with E-state index >= 15 is 0 Å². The van der Waals surface area contributed by atoms with Crippen molar-refractivity contribution in [1.29, 1.82) is 0 Å². The van der Waals surface area contributed by atoms with Gasteiger partial charge < -0.3 is 14.2 Å². The fourth-order valence-electron chi connectivity index (χ4n) is 8.39. The second kappa shape index (κ2) is 61.6. The van der Waals surface area contributed by atoms with Crippen molar-refractivity contribution in [3.05, 3.63) is 109 Å². The molecule has 0 spiro atoms. The van der Waals surface area contributed by atoms with Gasteiger partial charge in [0.2, 0.25) is 0 Å². The number of rotatable bonds is 55. The van der Waals surface area contributed by atoms with Crippen LogP contribution in [0.3, 0.4) is 0 Å². The van der Waals surface area contributed by atoms with Gasteiger partial charge in [-0.05, 0) is 109 Å². The summed E-state index contributed by atoms with van der Waals surface area (Å²) in [6.45, 7) is 6.49. The first-order chi connectivity index (χ1) is 36.5. The molecule has 0 aromatic rings. The largest absolute Gasteiger partial charge is 0.462 e. The summed E-state index contributed by atoms with van der Waals surface area (Å²) in [6, 6.07) is 0. The normalized spacial score (nSPS) is 12.9. The average molecular weight is 1030 g/mol. The van der Waals surface area contributed by atoms with Crippen LogP contribution in [0.15, 0.2) is 109 Å². The van der Waals surface area contributed by atoms with Gasteiger partial charge in [0, 0.05) is 19.3 Å². The van der Waals surface area contributed by atoms with E-state index in [1.807, 2.05) is 0 Å². The summed E-state index contributed by atoms with van der Waals surface area (Å²) in [5.41, 5.74) is 0. The lowest BCUT2D eigenvalue weighted by atomic mass is 10.1. The van der Waals surface area contributed by atoms with E-state index in [2.05, 4.69) is 130 Å². The van der Waals surface area contributed by atoms with Crippen LogP contribution in [0.1, 0.15) is 284 Å². The second-order valence-electron chi connectivity index (χ2n) is 20.2. The molecule has 0 aliphatic carbocycles. The molecule has 0 saturated carbocycles. The summed E-state index contributed by atoms with van der Waals surface area (Å²) in [7, 11) is 0. The fourth-order valence-corrected chi connectivity index (χ4v) is 8.39. The molecule has 0 aromatic carbocycles. The Balaban J connectivity index is 4.32. The van der Waals surface area contributed by atoms with Crippen LogP contribution < -0.4 is 0 Å². The van der Waals surface area contributed by atoms with Gasteiger partial charge in [0.1, 0.15) is 13.2 Å². The average Bonchev–Trinajstić information content (AvgIpc) is 3.40. The van der Waals surface area contributed by atoms with E-state index in [1.165, 1.54) is 122 Å². The van der Waals surface area contributed by atoms with Gasteiger partial charge in [-0.15, -0.1) is 0 Å². The van der Waals surface area contributed by atoms with Crippen molar-refractivity contribution in [1.82, 2.24) is 0 Å². The minimum Gasteiger partial charge on any atom is -0.462 e. The van der Waals surface area contributed by atoms with Crippen molar-refractivity contribution in [2.45, 2.75) is 290 Å². The standard InChI is InChI=1S/C68H114O6/c1-4-7-10-13-16-19-22-24-26-28-29-30-31-32-33-34-35-36-37-38-39-41-42-44-46-49-52-55-58-61-67(70)73-64-65(63-72-66(69)60-57-54-51-48-21-18-15-12-9-6-3)74-68(71)62-59-56-53-50-47-45-43-40-27-25-23-20-17-14-11-8-5-2/h7,10,16,19,24-27,29-30,32-33,35-36,38-39,42,44,65H,4-6,8-9,11-15,17-18,20-23,28,31,34,37,40-41,43,45-64H2,1-3H3/b10-7-,19-16-,26-24-,27-25-,30-29-,33-32-,36-35-,39-38-,44-42-. The predicted octanol–water partition coefficient (Wildman–Crippen LogP) is 21.0. The van der Waals surface area contributed by atoms with Crippen molar-refractivity contribution >= 4 is 17.9 Å². The molecule has 0 rings (SSSR count). The Kier molecular flexibility index (Phi) is 58.3. The third-order valence-corrected chi connectivity index (χ3v) is 13.0. The van der Waals surface area contributed by atoms with E-state index in [0.29, 0.717) is 19.3 Å². The van der Waals surface area contributed by atoms with Crippen molar-refractivity contribution in [2.24, 2.45) is 0 Å². The van der Waals surface area contributed by atoms with E-state index < -0.39 is 6.10 Å². The number of carbonyl (C=O) groups excluding carboxylic acids is 3. The SMILES string of the molecule is CC/C=C\C/C=C\C/C=C\C/C=C\C/C=C\C/C=C\C/C=C\C/C=C\CCCCCCC(=O)OCC(COC(=O)CCCCCCCCCCCC)OC(=O)CCCCCCCCC/C=C\CCCCCCCC. The molecule has 74 heavy (non-hydrogen) atoms. The van der Waals surface area contributed by atoms with E-state index in [9.17, 15) is 14.4 Å². The predicted molar refractivity (Wildman–Crippen MR) is 320 cm³/mol. The molecule has 0 aromatic heterocycles. The first-order valence-corrected chi connectivity index (χ1v) is 30.9. The summed E-state index contributed by atoms with van der Waals surface area (Å²) in [4.78, 5) is 38.1. The first-order valence-electron chi connectivity index (χ1n) is 30.9. The van der Waals surface area contributed by atoms with Gasteiger partial charge in [-0.1, -0.05) is 265 Å². The molecule has 0 fully saturated rings.